The quantitative estimate of drug-likeness (QED) is 0.317. The number of hydrogen-bond donors (Lipinski definition) is 0. The molecule has 1 atom stereocenters. The van der Waals surface area contributed by atoms with Gasteiger partial charge in [-0.15, -0.1) is 0 Å². The minimum atomic E-state index is -0.703. The molecule has 0 fully saturated rings. The predicted octanol–water partition coefficient (Wildman–Crippen LogP) is 5.12. The summed E-state index contributed by atoms with van der Waals surface area (Å²) in [6.07, 6.45) is 3.15. The highest BCUT2D eigenvalue weighted by Crippen LogP contribution is 2.36. The van der Waals surface area contributed by atoms with Gasteiger partial charge in [-0.2, -0.15) is 0 Å². The fraction of sp³-hybridized carbons (Fsp3) is 0.296. The summed E-state index contributed by atoms with van der Waals surface area (Å²) >= 11 is 8.32. The lowest BCUT2D eigenvalue weighted by molar-refractivity contribution is -0.139. The number of rotatable bonds is 8. The first-order valence-corrected chi connectivity index (χ1v) is 14.1. The van der Waals surface area contributed by atoms with Crippen LogP contribution in [0.2, 0.25) is 0 Å². The van der Waals surface area contributed by atoms with Gasteiger partial charge in [-0.05, 0) is 71.2 Å². The first kappa shape index (κ1) is 27.3. The van der Waals surface area contributed by atoms with E-state index in [2.05, 4.69) is 31.9 Å². The number of aromatic nitrogens is 1. The second-order valence-corrected chi connectivity index (χ2v) is 11.0. The van der Waals surface area contributed by atoms with Gasteiger partial charge in [0.25, 0.3) is 5.56 Å². The van der Waals surface area contributed by atoms with Crippen molar-refractivity contribution < 1.29 is 19.0 Å². The first-order chi connectivity index (χ1) is 17.8. The molecule has 4 rings (SSSR count). The van der Waals surface area contributed by atoms with Gasteiger partial charge in [0.05, 0.1) is 47.1 Å². The van der Waals surface area contributed by atoms with E-state index in [0.29, 0.717) is 43.0 Å². The molecule has 0 bridgehead atoms. The molecule has 2 aromatic carbocycles. The molecule has 37 heavy (non-hydrogen) atoms. The lowest BCUT2D eigenvalue weighted by Gasteiger charge is -2.26. The summed E-state index contributed by atoms with van der Waals surface area (Å²) in [4.78, 5) is 32.5. The number of benzene rings is 2. The Kier molecular flexibility index (Phi) is 8.71. The summed E-state index contributed by atoms with van der Waals surface area (Å²) < 4.78 is 20.0. The van der Waals surface area contributed by atoms with Crippen LogP contribution in [-0.2, 0) is 9.53 Å². The van der Waals surface area contributed by atoms with Crippen LogP contribution >= 0.6 is 43.2 Å². The Labute approximate surface area is 235 Å². The van der Waals surface area contributed by atoms with Crippen molar-refractivity contribution >= 4 is 55.2 Å². The third-order valence-corrected chi connectivity index (χ3v) is 7.96. The average molecular weight is 650 g/mol. The van der Waals surface area contributed by atoms with E-state index >= 15 is 0 Å². The van der Waals surface area contributed by atoms with Gasteiger partial charge in [0.2, 0.25) is 0 Å². The molecule has 0 aliphatic carbocycles. The molecule has 7 nitrogen and oxygen atoms in total. The molecule has 2 heterocycles. The number of nitrogens with zero attached hydrogens (tertiary/aromatic N) is 2. The minimum Gasteiger partial charge on any atom is -0.496 e. The maximum atomic E-state index is 13.9. The number of methoxy groups -OCH3 is 2. The van der Waals surface area contributed by atoms with Gasteiger partial charge in [0.1, 0.15) is 11.5 Å². The Balaban J connectivity index is 2.02. The Hall–Kier alpha value is -2.69. The summed E-state index contributed by atoms with van der Waals surface area (Å²) in [7, 11) is 3.18. The standard InChI is InChI=1S/C27H26Br2N2O5S/c1-5-7-19-23(26(33)36-6-2)24(15-8-10-21(35-4)18(29)13-15)31-25(32)22(37-27(31)30-19)14-16-12-17(28)9-11-20(16)34-3/h8-14,24H,5-7H2,1-4H3/b22-14-. The lowest BCUT2D eigenvalue weighted by atomic mass is 9.94. The van der Waals surface area contributed by atoms with E-state index in [9.17, 15) is 9.59 Å². The van der Waals surface area contributed by atoms with Crippen LogP contribution in [0.15, 0.2) is 66.4 Å². The van der Waals surface area contributed by atoms with Crippen molar-refractivity contribution in [3.8, 4) is 11.5 Å². The number of thiazole rings is 1. The summed E-state index contributed by atoms with van der Waals surface area (Å²) in [5.74, 6) is 0.812. The number of halogens is 2. The summed E-state index contributed by atoms with van der Waals surface area (Å²) in [5, 5.41) is 0. The Morgan fingerprint density at radius 3 is 2.49 bits per heavy atom. The zero-order valence-corrected chi connectivity index (χ0v) is 24.8. The largest absolute Gasteiger partial charge is 0.496 e. The van der Waals surface area contributed by atoms with Crippen LogP contribution in [0.3, 0.4) is 0 Å². The molecule has 1 unspecified atom stereocenters. The van der Waals surface area contributed by atoms with Crippen molar-refractivity contribution in [2.45, 2.75) is 32.7 Å². The third-order valence-electron chi connectivity index (χ3n) is 5.86. The fourth-order valence-corrected chi connectivity index (χ4v) is 6.20. The molecule has 1 aromatic heterocycles. The maximum Gasteiger partial charge on any atom is 0.338 e. The Bertz CT molecular complexity index is 1560. The van der Waals surface area contributed by atoms with Gasteiger partial charge in [0, 0.05) is 10.0 Å². The fourth-order valence-electron chi connectivity index (χ4n) is 4.25. The number of carbonyl (C=O) groups is 1. The van der Waals surface area contributed by atoms with Crippen LogP contribution in [0.25, 0.3) is 6.08 Å². The van der Waals surface area contributed by atoms with Gasteiger partial charge in [-0.3, -0.25) is 9.36 Å². The minimum absolute atomic E-state index is 0.216. The van der Waals surface area contributed by atoms with E-state index in [-0.39, 0.29) is 12.2 Å². The van der Waals surface area contributed by atoms with Gasteiger partial charge < -0.3 is 14.2 Å². The Morgan fingerprint density at radius 2 is 1.84 bits per heavy atom. The van der Waals surface area contributed by atoms with Crippen LogP contribution < -0.4 is 24.4 Å². The van der Waals surface area contributed by atoms with Crippen LogP contribution in [0.4, 0.5) is 0 Å². The number of ether oxygens (including phenoxy) is 3. The second kappa shape index (κ2) is 11.8. The summed E-state index contributed by atoms with van der Waals surface area (Å²) in [6.45, 7) is 4.00. The number of allylic oxidation sites excluding steroid dienone is 1. The number of hydrogen-bond acceptors (Lipinski definition) is 7. The number of fused-ring (bicyclic) bond motifs is 1. The number of carbonyl (C=O) groups excluding carboxylic acids is 1. The van der Waals surface area contributed by atoms with Crippen molar-refractivity contribution in [3.05, 3.63) is 87.4 Å². The maximum absolute atomic E-state index is 13.9. The van der Waals surface area contributed by atoms with Gasteiger partial charge in [0.15, 0.2) is 4.80 Å². The molecule has 0 amide bonds. The molecule has 194 valence electrons. The lowest BCUT2D eigenvalue weighted by Crippen LogP contribution is -2.40. The summed E-state index contributed by atoms with van der Waals surface area (Å²) in [6, 6.07) is 10.4. The van der Waals surface area contributed by atoms with Gasteiger partial charge in [-0.25, -0.2) is 9.79 Å². The van der Waals surface area contributed by atoms with E-state index in [1.165, 1.54) is 11.3 Å². The summed E-state index contributed by atoms with van der Waals surface area (Å²) in [5.41, 5.74) is 2.25. The van der Waals surface area contributed by atoms with E-state index < -0.39 is 12.0 Å². The molecule has 1 aliphatic rings. The monoisotopic (exact) mass is 648 g/mol. The van der Waals surface area contributed by atoms with E-state index in [4.69, 9.17) is 19.2 Å². The van der Waals surface area contributed by atoms with Crippen molar-refractivity contribution in [2.24, 2.45) is 4.99 Å². The van der Waals surface area contributed by atoms with E-state index in [1.54, 1.807) is 31.8 Å². The topological polar surface area (TPSA) is 79.1 Å². The number of esters is 1. The van der Waals surface area contributed by atoms with Crippen molar-refractivity contribution in [1.29, 1.82) is 0 Å². The normalized spacial score (nSPS) is 15.3. The second-order valence-electron chi connectivity index (χ2n) is 8.19. The van der Waals surface area contributed by atoms with Crippen LogP contribution in [0.1, 0.15) is 43.9 Å². The molecule has 0 radical (unpaired) electrons. The van der Waals surface area contributed by atoms with Crippen molar-refractivity contribution in [2.75, 3.05) is 20.8 Å². The molecular weight excluding hydrogens is 624 g/mol. The molecular formula is C27H26Br2N2O5S. The highest BCUT2D eigenvalue weighted by molar-refractivity contribution is 9.10. The molecule has 0 saturated carbocycles. The highest BCUT2D eigenvalue weighted by atomic mass is 79.9. The van der Waals surface area contributed by atoms with E-state index in [0.717, 1.165) is 22.0 Å². The van der Waals surface area contributed by atoms with E-state index in [1.807, 2.05) is 43.3 Å². The Morgan fingerprint density at radius 1 is 1.11 bits per heavy atom. The molecule has 0 saturated heterocycles. The molecule has 10 heteroatoms. The van der Waals surface area contributed by atoms with Crippen LogP contribution in [0.5, 0.6) is 11.5 Å². The van der Waals surface area contributed by atoms with Gasteiger partial charge >= 0.3 is 5.97 Å². The smallest absolute Gasteiger partial charge is 0.338 e. The van der Waals surface area contributed by atoms with Gasteiger partial charge in [-0.1, -0.05) is 46.7 Å². The zero-order valence-electron chi connectivity index (χ0n) is 20.8. The molecule has 0 spiro atoms. The van der Waals surface area contributed by atoms with Crippen LogP contribution in [0, 0.1) is 0 Å². The highest BCUT2D eigenvalue weighted by Gasteiger charge is 2.34. The first-order valence-electron chi connectivity index (χ1n) is 11.7. The SMILES string of the molecule is CCCC1=C(C(=O)OCC)C(c2ccc(OC)c(Br)c2)n2c(s/c(=C\c3cc(Br)ccc3OC)c2=O)=N1. The third kappa shape index (κ3) is 5.46. The molecule has 3 aromatic rings. The molecule has 1 aliphatic heterocycles. The predicted molar refractivity (Wildman–Crippen MR) is 151 cm³/mol. The van der Waals surface area contributed by atoms with Crippen LogP contribution in [-0.4, -0.2) is 31.4 Å². The molecule has 0 N–H and O–H groups in total. The average Bonchev–Trinajstić information content (AvgIpc) is 3.18. The van der Waals surface area contributed by atoms with Crippen molar-refractivity contribution in [1.82, 2.24) is 4.57 Å². The zero-order chi connectivity index (χ0) is 26.7. The van der Waals surface area contributed by atoms with Crippen molar-refractivity contribution in [3.63, 3.8) is 0 Å².